The molecule has 2 aromatic heterocycles. The van der Waals surface area contributed by atoms with Gasteiger partial charge in [-0.1, -0.05) is 105 Å². The zero-order valence-electron chi connectivity index (χ0n) is 28.9. The minimum absolute atomic E-state index is 0. The Kier molecular flexibility index (Phi) is 8.69. The maximum Gasteiger partial charge on any atom is 2.00 e. The molecule has 0 spiro atoms. The van der Waals surface area contributed by atoms with Crippen molar-refractivity contribution in [3.63, 3.8) is 0 Å². The van der Waals surface area contributed by atoms with Crippen LogP contribution in [0.15, 0.2) is 152 Å². The molecule has 1 aliphatic rings. The van der Waals surface area contributed by atoms with E-state index in [1.165, 1.54) is 11.1 Å². The predicted octanol–water partition coefficient (Wildman–Crippen LogP) is 11.8. The first-order valence-corrected chi connectivity index (χ1v) is 17.1. The van der Waals surface area contributed by atoms with E-state index in [0.29, 0.717) is 11.5 Å². The summed E-state index contributed by atoms with van der Waals surface area (Å²) >= 11 is 0. The van der Waals surface area contributed by atoms with E-state index >= 15 is 0 Å². The van der Waals surface area contributed by atoms with Crippen LogP contribution >= 0.6 is 0 Å². The second kappa shape index (κ2) is 13.5. The third-order valence-corrected chi connectivity index (χ3v) is 9.39. The van der Waals surface area contributed by atoms with E-state index in [9.17, 15) is 0 Å². The van der Waals surface area contributed by atoms with E-state index in [1.54, 1.807) is 0 Å². The van der Waals surface area contributed by atoms with Gasteiger partial charge in [-0.2, -0.15) is 12.1 Å². The van der Waals surface area contributed by atoms with Gasteiger partial charge in [0.25, 0.3) is 0 Å². The number of nitrogens with zero attached hydrogens (tertiary/aromatic N) is 4. The molecule has 9 rings (SSSR count). The molecule has 8 aromatic rings. The molecule has 1 aliphatic heterocycles. The number of pyridine rings is 1. The smallest absolute Gasteiger partial charge is 0.509 e. The number of benzene rings is 6. The number of hydrogen-bond donors (Lipinski definition) is 0. The molecule has 0 bridgehead atoms. The molecule has 6 aromatic carbocycles. The van der Waals surface area contributed by atoms with E-state index in [1.807, 2.05) is 71.8 Å². The Bertz CT molecular complexity index is 2540. The second-order valence-corrected chi connectivity index (χ2v) is 13.8. The van der Waals surface area contributed by atoms with Crippen LogP contribution in [0, 0.1) is 18.8 Å². The van der Waals surface area contributed by atoms with Crippen LogP contribution in [-0.2, 0) is 26.5 Å². The summed E-state index contributed by atoms with van der Waals surface area (Å²) in [6.07, 6.45) is 1.90. The normalized spacial score (nSPS) is 12.6. The van der Waals surface area contributed by atoms with Crippen molar-refractivity contribution in [2.75, 3.05) is 9.80 Å². The van der Waals surface area contributed by atoms with Crippen LogP contribution in [0.4, 0.5) is 22.7 Å². The summed E-state index contributed by atoms with van der Waals surface area (Å²) in [5.41, 5.74) is 9.41. The third-order valence-electron chi connectivity index (χ3n) is 9.39. The van der Waals surface area contributed by atoms with Gasteiger partial charge in [0.2, 0.25) is 6.67 Å². The molecule has 6 heteroatoms. The van der Waals surface area contributed by atoms with Crippen molar-refractivity contribution >= 4 is 44.6 Å². The SMILES string of the molecule is CC(C)(C)c1ccnc(-n2c3[c-]c(Oc4[c-]c(N5[C]N(c6ccccc6)c6ccccc65)ccc4)ccc3c3cc(-c4ccccc4)ccc32)c1.[Pt+2]. The van der Waals surface area contributed by atoms with E-state index in [0.717, 1.165) is 55.9 Å². The van der Waals surface area contributed by atoms with E-state index < -0.39 is 0 Å². The number of fused-ring (bicyclic) bond motifs is 4. The predicted molar refractivity (Wildman–Crippen MR) is 207 cm³/mol. The number of para-hydroxylation sites is 3. The maximum absolute atomic E-state index is 6.53. The van der Waals surface area contributed by atoms with Crippen LogP contribution in [0.3, 0.4) is 0 Å². The van der Waals surface area contributed by atoms with Crippen molar-refractivity contribution in [2.45, 2.75) is 26.2 Å². The van der Waals surface area contributed by atoms with Crippen LogP contribution in [0.1, 0.15) is 26.3 Å². The van der Waals surface area contributed by atoms with Gasteiger partial charge in [0, 0.05) is 28.9 Å². The maximum atomic E-state index is 6.53. The number of anilines is 4. The first kappa shape index (κ1) is 33.5. The van der Waals surface area contributed by atoms with Gasteiger partial charge in [-0.15, -0.1) is 35.7 Å². The molecule has 0 unspecified atom stereocenters. The van der Waals surface area contributed by atoms with Crippen LogP contribution in [0.5, 0.6) is 11.5 Å². The van der Waals surface area contributed by atoms with Crippen LogP contribution in [0.25, 0.3) is 38.8 Å². The summed E-state index contributed by atoms with van der Waals surface area (Å²) in [6.45, 7) is 10.2. The number of rotatable bonds is 6. The summed E-state index contributed by atoms with van der Waals surface area (Å²) in [4.78, 5) is 8.97. The van der Waals surface area contributed by atoms with E-state index in [4.69, 9.17) is 9.72 Å². The zero-order chi connectivity index (χ0) is 34.5. The van der Waals surface area contributed by atoms with Gasteiger partial charge >= 0.3 is 21.1 Å². The molecule has 0 atom stereocenters. The summed E-state index contributed by atoms with van der Waals surface area (Å²) in [5, 5.41) is 2.21. The zero-order valence-corrected chi connectivity index (χ0v) is 31.2. The van der Waals surface area contributed by atoms with Gasteiger partial charge in [-0.3, -0.25) is 0 Å². The third kappa shape index (κ3) is 6.05. The minimum atomic E-state index is -0.0292. The molecule has 52 heavy (non-hydrogen) atoms. The van der Waals surface area contributed by atoms with Gasteiger partial charge in [0.15, 0.2) is 0 Å². The monoisotopic (exact) mass is 853 g/mol. The summed E-state index contributed by atoms with van der Waals surface area (Å²) in [6, 6.07) is 57.1. The fourth-order valence-electron chi connectivity index (χ4n) is 6.79. The Morgan fingerprint density at radius 2 is 1.33 bits per heavy atom. The largest absolute Gasteiger partial charge is 2.00 e. The Morgan fingerprint density at radius 1 is 0.615 bits per heavy atom. The Hall–Kier alpha value is -5.64. The Morgan fingerprint density at radius 3 is 2.10 bits per heavy atom. The van der Waals surface area contributed by atoms with E-state index in [-0.39, 0.29) is 26.5 Å². The molecule has 0 aliphatic carbocycles. The van der Waals surface area contributed by atoms with Crippen molar-refractivity contribution in [3.05, 3.63) is 176 Å². The summed E-state index contributed by atoms with van der Waals surface area (Å²) < 4.78 is 8.73. The molecule has 254 valence electrons. The van der Waals surface area contributed by atoms with Gasteiger partial charge in [-0.05, 0) is 70.0 Å². The molecule has 5 nitrogen and oxygen atoms in total. The minimum Gasteiger partial charge on any atom is -0.509 e. The van der Waals surface area contributed by atoms with Crippen molar-refractivity contribution in [1.29, 1.82) is 0 Å². The fourth-order valence-corrected chi connectivity index (χ4v) is 6.79. The topological polar surface area (TPSA) is 33.5 Å². The van der Waals surface area contributed by atoms with Gasteiger partial charge in [0.05, 0.1) is 11.4 Å². The van der Waals surface area contributed by atoms with Gasteiger partial charge < -0.3 is 19.1 Å². The van der Waals surface area contributed by atoms with Crippen LogP contribution < -0.4 is 14.5 Å². The molecule has 0 saturated heterocycles. The van der Waals surface area contributed by atoms with Crippen molar-refractivity contribution in [2.24, 2.45) is 0 Å². The Labute approximate surface area is 319 Å². The van der Waals surface area contributed by atoms with Gasteiger partial charge in [0.1, 0.15) is 5.82 Å². The van der Waals surface area contributed by atoms with Crippen molar-refractivity contribution in [3.8, 4) is 28.4 Å². The average Bonchev–Trinajstić information content (AvgIpc) is 3.71. The average molecular weight is 854 g/mol. The van der Waals surface area contributed by atoms with E-state index in [2.05, 4.69) is 134 Å². The molecule has 0 N–H and O–H groups in total. The fraction of sp³-hybridized carbons (Fsp3) is 0.0870. The van der Waals surface area contributed by atoms with Gasteiger partial charge in [-0.25, -0.2) is 4.98 Å². The van der Waals surface area contributed by atoms with Crippen LogP contribution in [-0.4, -0.2) is 9.55 Å². The molecular formula is C46H34N4OPt. The molecule has 2 radical (unpaired) electrons. The second-order valence-electron chi connectivity index (χ2n) is 13.8. The first-order chi connectivity index (χ1) is 24.9. The molecule has 0 amide bonds. The van der Waals surface area contributed by atoms with Crippen LogP contribution in [0.2, 0.25) is 0 Å². The molecule has 0 saturated carbocycles. The quantitative estimate of drug-likeness (QED) is 0.156. The standard InChI is InChI=1S/C46H34N4O.Pt/c1-46(2,3)34-25-26-47-45(28-34)50-41-24-21-33(32-13-6-4-7-14-32)27-40(41)39-23-22-38(30-44(39)50)51-37-18-12-17-36(29-37)49-31-48(35-15-8-5-9-16-35)42-19-10-11-20-43(42)49;/h4-28H,1-3H3;/q-2;+2. The molecular weight excluding hydrogens is 820 g/mol. The molecule has 0 fully saturated rings. The number of aromatic nitrogens is 2. The van der Waals surface area contributed by atoms with Crippen molar-refractivity contribution in [1.82, 2.24) is 9.55 Å². The molecule has 3 heterocycles. The van der Waals surface area contributed by atoms with Crippen molar-refractivity contribution < 1.29 is 25.8 Å². The summed E-state index contributed by atoms with van der Waals surface area (Å²) in [7, 11) is 0. The number of ether oxygens (including phenoxy) is 1. The Balaban J connectivity index is 0.00000387. The first-order valence-electron chi connectivity index (χ1n) is 17.1. The number of hydrogen-bond acceptors (Lipinski definition) is 4. The summed E-state index contributed by atoms with van der Waals surface area (Å²) in [5.74, 6) is 2.02.